The van der Waals surface area contributed by atoms with E-state index in [4.69, 9.17) is 18.0 Å². The summed E-state index contributed by atoms with van der Waals surface area (Å²) >= 11 is 4.84. The third-order valence-electron chi connectivity index (χ3n) is 3.06. The number of hydrogen-bond acceptors (Lipinski definition) is 5. The van der Waals surface area contributed by atoms with Crippen LogP contribution in [0.2, 0.25) is 0 Å². The number of nitrogens with two attached hydrogens (primary N) is 1. The van der Waals surface area contributed by atoms with Crippen LogP contribution in [0.5, 0.6) is 0 Å². The van der Waals surface area contributed by atoms with Gasteiger partial charge in [0.05, 0.1) is 15.5 Å². The minimum absolute atomic E-state index is 0.0651. The molecule has 0 fully saturated rings. The lowest BCUT2D eigenvalue weighted by molar-refractivity contribution is -0.384. The molecule has 0 aliphatic rings. The summed E-state index contributed by atoms with van der Waals surface area (Å²) in [6.07, 6.45) is 0. The molecule has 23 heavy (non-hydrogen) atoms. The quantitative estimate of drug-likeness (QED) is 0.485. The fourth-order valence-corrected chi connectivity index (χ4v) is 3.11. The van der Waals surface area contributed by atoms with E-state index in [2.05, 4.69) is 4.72 Å². The van der Waals surface area contributed by atoms with Crippen LogP contribution in [-0.4, -0.2) is 18.3 Å². The maximum atomic E-state index is 12.4. The van der Waals surface area contributed by atoms with Crippen molar-refractivity contribution in [3.05, 3.63) is 63.7 Å². The first-order valence-electron chi connectivity index (χ1n) is 6.38. The smallest absolute Gasteiger partial charge is 0.270 e. The Bertz CT molecular complexity index is 877. The molecule has 0 aromatic heterocycles. The molecule has 0 amide bonds. The van der Waals surface area contributed by atoms with Crippen molar-refractivity contribution in [3.8, 4) is 0 Å². The van der Waals surface area contributed by atoms with Gasteiger partial charge in [-0.1, -0.05) is 29.9 Å². The zero-order valence-electron chi connectivity index (χ0n) is 12.0. The van der Waals surface area contributed by atoms with Crippen molar-refractivity contribution < 1.29 is 13.3 Å². The number of nitro benzene ring substituents is 1. The van der Waals surface area contributed by atoms with E-state index in [1.165, 1.54) is 24.3 Å². The molecule has 0 saturated carbocycles. The van der Waals surface area contributed by atoms with E-state index in [-0.39, 0.29) is 26.8 Å². The lowest BCUT2D eigenvalue weighted by Crippen LogP contribution is -2.18. The van der Waals surface area contributed by atoms with Gasteiger partial charge in [0.2, 0.25) is 0 Å². The van der Waals surface area contributed by atoms with E-state index in [0.29, 0.717) is 0 Å². The van der Waals surface area contributed by atoms with Crippen LogP contribution in [0.4, 0.5) is 11.4 Å². The van der Waals surface area contributed by atoms with Crippen LogP contribution in [0.15, 0.2) is 47.4 Å². The average Bonchev–Trinajstić information content (AvgIpc) is 2.47. The molecule has 0 saturated heterocycles. The maximum Gasteiger partial charge on any atom is 0.270 e. The molecular formula is C14H13N3O4S2. The number of sulfonamides is 1. The lowest BCUT2D eigenvalue weighted by atomic mass is 10.1. The number of nitro groups is 1. The highest BCUT2D eigenvalue weighted by atomic mass is 32.2. The Balaban J connectivity index is 2.44. The standard InChI is InChI=1S/C14H13N3O4S2/c1-9-2-5-11(6-3-9)23(20,21)16-13-7-4-10(17(18)19)8-12(13)14(15)22/h2-8,16H,1H3,(H2,15,22). The average molecular weight is 351 g/mol. The number of thiocarbonyl (C=S) groups is 1. The van der Waals surface area contributed by atoms with E-state index in [9.17, 15) is 18.5 Å². The lowest BCUT2D eigenvalue weighted by Gasteiger charge is -2.12. The number of benzene rings is 2. The molecular weight excluding hydrogens is 338 g/mol. The Morgan fingerprint density at radius 1 is 1.22 bits per heavy atom. The molecule has 2 rings (SSSR count). The summed E-state index contributed by atoms with van der Waals surface area (Å²) in [5.41, 5.74) is 6.40. The van der Waals surface area contributed by atoms with Crippen molar-refractivity contribution in [2.24, 2.45) is 5.73 Å². The summed E-state index contributed by atoms with van der Waals surface area (Å²) in [5, 5.41) is 10.8. The number of nitrogens with zero attached hydrogens (tertiary/aromatic N) is 1. The summed E-state index contributed by atoms with van der Waals surface area (Å²) < 4.78 is 27.1. The normalized spacial score (nSPS) is 11.0. The highest BCUT2D eigenvalue weighted by molar-refractivity contribution is 7.92. The minimum Gasteiger partial charge on any atom is -0.389 e. The van der Waals surface area contributed by atoms with Crippen molar-refractivity contribution in [2.45, 2.75) is 11.8 Å². The van der Waals surface area contributed by atoms with Crippen molar-refractivity contribution in [3.63, 3.8) is 0 Å². The maximum absolute atomic E-state index is 12.4. The summed E-state index contributed by atoms with van der Waals surface area (Å²) in [5.74, 6) is 0. The summed E-state index contributed by atoms with van der Waals surface area (Å²) in [6, 6.07) is 9.83. The molecule has 2 aromatic rings. The van der Waals surface area contributed by atoms with Gasteiger partial charge in [0.15, 0.2) is 0 Å². The van der Waals surface area contributed by atoms with Gasteiger partial charge in [0.25, 0.3) is 15.7 Å². The molecule has 0 heterocycles. The number of hydrogen-bond donors (Lipinski definition) is 2. The molecule has 2 aromatic carbocycles. The van der Waals surface area contributed by atoms with Crippen molar-refractivity contribution in [2.75, 3.05) is 4.72 Å². The van der Waals surface area contributed by atoms with Gasteiger partial charge < -0.3 is 5.73 Å². The molecule has 0 unspecified atom stereocenters. The molecule has 120 valence electrons. The van der Waals surface area contributed by atoms with Gasteiger partial charge >= 0.3 is 0 Å². The third kappa shape index (κ3) is 3.82. The second-order valence-electron chi connectivity index (χ2n) is 4.77. The minimum atomic E-state index is -3.85. The third-order valence-corrected chi connectivity index (χ3v) is 4.66. The second kappa shape index (κ2) is 6.31. The molecule has 0 bridgehead atoms. The predicted molar refractivity (Wildman–Crippen MR) is 91.0 cm³/mol. The molecule has 7 nitrogen and oxygen atoms in total. The number of aryl methyl sites for hydroxylation is 1. The summed E-state index contributed by atoms with van der Waals surface area (Å²) in [4.78, 5) is 10.1. The van der Waals surface area contributed by atoms with Crippen LogP contribution in [0, 0.1) is 17.0 Å². The van der Waals surface area contributed by atoms with Gasteiger partial charge in [-0.15, -0.1) is 0 Å². The number of rotatable bonds is 5. The van der Waals surface area contributed by atoms with Crippen molar-refractivity contribution in [1.29, 1.82) is 0 Å². The molecule has 0 spiro atoms. The first-order chi connectivity index (χ1) is 10.7. The van der Waals surface area contributed by atoms with E-state index in [1.54, 1.807) is 12.1 Å². The van der Waals surface area contributed by atoms with Gasteiger partial charge in [0, 0.05) is 17.7 Å². The Hall–Kier alpha value is -2.52. The van der Waals surface area contributed by atoms with Gasteiger partial charge in [-0.05, 0) is 25.1 Å². The predicted octanol–water partition coefficient (Wildman–Crippen LogP) is 2.34. The van der Waals surface area contributed by atoms with Gasteiger partial charge in [0.1, 0.15) is 4.99 Å². The zero-order chi connectivity index (χ0) is 17.2. The zero-order valence-corrected chi connectivity index (χ0v) is 13.6. The van der Waals surface area contributed by atoms with Crippen LogP contribution < -0.4 is 10.5 Å². The van der Waals surface area contributed by atoms with Crippen molar-refractivity contribution >= 4 is 38.6 Å². The summed E-state index contributed by atoms with van der Waals surface area (Å²) in [7, 11) is -3.85. The Kier molecular flexibility index (Phi) is 4.62. The molecule has 9 heteroatoms. The van der Waals surface area contributed by atoms with Crippen LogP contribution >= 0.6 is 12.2 Å². The molecule has 0 aliphatic carbocycles. The fourth-order valence-electron chi connectivity index (χ4n) is 1.86. The number of nitrogens with one attached hydrogen (secondary N) is 1. The largest absolute Gasteiger partial charge is 0.389 e. The van der Waals surface area contributed by atoms with Gasteiger partial charge in [-0.2, -0.15) is 0 Å². The first kappa shape index (κ1) is 16.8. The molecule has 0 atom stereocenters. The summed E-state index contributed by atoms with van der Waals surface area (Å²) in [6.45, 7) is 1.84. The topological polar surface area (TPSA) is 115 Å². The number of non-ortho nitro benzene ring substituents is 1. The van der Waals surface area contributed by atoms with E-state index in [0.717, 1.165) is 11.6 Å². The van der Waals surface area contributed by atoms with Crippen LogP contribution in [0.3, 0.4) is 0 Å². The van der Waals surface area contributed by atoms with Crippen molar-refractivity contribution in [1.82, 2.24) is 0 Å². The SMILES string of the molecule is Cc1ccc(S(=O)(=O)Nc2ccc([N+](=O)[O-])cc2C(N)=S)cc1. The van der Waals surface area contributed by atoms with Crippen LogP contribution in [0.25, 0.3) is 0 Å². The van der Waals surface area contributed by atoms with Gasteiger partial charge in [-0.25, -0.2) is 8.42 Å². The Labute approximate surface area is 138 Å². The fraction of sp³-hybridized carbons (Fsp3) is 0.0714. The van der Waals surface area contributed by atoms with E-state index in [1.807, 2.05) is 6.92 Å². The molecule has 0 radical (unpaired) electrons. The van der Waals surface area contributed by atoms with E-state index < -0.39 is 14.9 Å². The first-order valence-corrected chi connectivity index (χ1v) is 8.27. The Morgan fingerprint density at radius 3 is 2.35 bits per heavy atom. The molecule has 3 N–H and O–H groups in total. The molecule has 0 aliphatic heterocycles. The van der Waals surface area contributed by atoms with Crippen LogP contribution in [0.1, 0.15) is 11.1 Å². The number of anilines is 1. The highest BCUT2D eigenvalue weighted by Gasteiger charge is 2.19. The van der Waals surface area contributed by atoms with Gasteiger partial charge in [-0.3, -0.25) is 14.8 Å². The van der Waals surface area contributed by atoms with E-state index >= 15 is 0 Å². The highest BCUT2D eigenvalue weighted by Crippen LogP contribution is 2.25. The second-order valence-corrected chi connectivity index (χ2v) is 6.89. The van der Waals surface area contributed by atoms with Crippen LogP contribution in [-0.2, 0) is 10.0 Å². The Morgan fingerprint density at radius 2 is 1.83 bits per heavy atom. The monoisotopic (exact) mass is 351 g/mol.